The van der Waals surface area contributed by atoms with Crippen molar-refractivity contribution in [1.29, 1.82) is 0 Å². The van der Waals surface area contributed by atoms with Crippen LogP contribution in [0.2, 0.25) is 19.6 Å². The monoisotopic (exact) mass is 586 g/mol. The van der Waals surface area contributed by atoms with Crippen LogP contribution in [0.3, 0.4) is 0 Å². The van der Waals surface area contributed by atoms with Gasteiger partial charge in [-0.15, -0.1) is 0 Å². The molecule has 0 bridgehead atoms. The van der Waals surface area contributed by atoms with Crippen LogP contribution in [0.15, 0.2) is 11.8 Å². The lowest BCUT2D eigenvalue weighted by Crippen LogP contribution is -2.63. The van der Waals surface area contributed by atoms with E-state index in [9.17, 15) is 28.8 Å². The van der Waals surface area contributed by atoms with E-state index in [0.717, 1.165) is 27.7 Å². The van der Waals surface area contributed by atoms with Crippen LogP contribution < -0.4 is 0 Å². The fourth-order valence-electron chi connectivity index (χ4n) is 4.74. The first kappa shape index (κ1) is 31.2. The van der Waals surface area contributed by atoms with Crippen molar-refractivity contribution in [3.05, 3.63) is 11.8 Å². The average molecular weight is 587 g/mol. The number of allylic oxidation sites excluding steroid dienone is 1. The molecule has 3 aliphatic rings. The first-order chi connectivity index (χ1) is 18.6. The lowest BCUT2D eigenvalue weighted by atomic mass is 9.82. The summed E-state index contributed by atoms with van der Waals surface area (Å²) in [6, 6.07) is 0. The smallest absolute Gasteiger partial charge is 0.320 e. The molecule has 0 aromatic rings. The maximum absolute atomic E-state index is 12.7. The SMILES string of the molecule is CC(=O)OC[C@H]1O[C@@H](O[C@@H]2C=C(O[Si](C)(C)C)C[C@@H]3C(=O)OC(=O)[C@@H]32)[C@H](OC(C)=O)[C@@H](OC(C)=O)[C@@H]1OC(C)=O. The van der Waals surface area contributed by atoms with Crippen molar-refractivity contribution in [2.24, 2.45) is 11.8 Å². The second kappa shape index (κ2) is 12.5. The lowest BCUT2D eigenvalue weighted by Gasteiger charge is -2.45. The first-order valence-corrected chi connectivity index (χ1v) is 16.1. The van der Waals surface area contributed by atoms with Gasteiger partial charge in [0.2, 0.25) is 8.32 Å². The lowest BCUT2D eigenvalue weighted by molar-refractivity contribution is -0.316. The van der Waals surface area contributed by atoms with E-state index in [1.807, 2.05) is 19.6 Å². The minimum absolute atomic E-state index is 0.123. The zero-order valence-corrected chi connectivity index (χ0v) is 24.3. The van der Waals surface area contributed by atoms with E-state index in [-0.39, 0.29) is 6.42 Å². The first-order valence-electron chi connectivity index (χ1n) is 12.7. The highest BCUT2D eigenvalue weighted by Crippen LogP contribution is 2.41. The quantitative estimate of drug-likeness (QED) is 0.161. The predicted octanol–water partition coefficient (Wildman–Crippen LogP) is 0.910. The molecular formula is C25H34O14Si. The van der Waals surface area contributed by atoms with Gasteiger partial charge in [0.25, 0.3) is 0 Å². The Hall–Kier alpha value is -3.30. The van der Waals surface area contributed by atoms with Gasteiger partial charge in [0.1, 0.15) is 18.6 Å². The number of hydrogen-bond acceptors (Lipinski definition) is 14. The molecular weight excluding hydrogens is 552 g/mol. The maximum atomic E-state index is 12.7. The molecule has 8 atom stereocenters. The zero-order valence-electron chi connectivity index (χ0n) is 23.3. The molecule has 0 saturated carbocycles. The van der Waals surface area contributed by atoms with Gasteiger partial charge < -0.3 is 37.6 Å². The molecule has 14 nitrogen and oxygen atoms in total. The standard InChI is InChI=1S/C25H34O14Si/c1-11(26)32-10-18-20(33-12(2)27)21(34-13(3)28)22(35-14(4)29)25(37-18)36-17-9-15(39-40(5,6)7)8-16-19(17)24(31)38-23(16)30/h9,16-22,25H,8,10H2,1-7H3/t16-,17+,18+,19-,20+,21-,22+,25+/m0/s1. The number of ether oxygens (including phenoxy) is 7. The van der Waals surface area contributed by atoms with Crippen LogP contribution in [0, 0.1) is 11.8 Å². The molecule has 2 aliphatic heterocycles. The summed E-state index contributed by atoms with van der Waals surface area (Å²) >= 11 is 0. The zero-order chi connectivity index (χ0) is 29.9. The van der Waals surface area contributed by atoms with Gasteiger partial charge in [-0.2, -0.15) is 0 Å². The van der Waals surface area contributed by atoms with E-state index >= 15 is 0 Å². The molecule has 1 aliphatic carbocycles. The summed E-state index contributed by atoms with van der Waals surface area (Å²) in [6.45, 7) is 9.81. The van der Waals surface area contributed by atoms with Crippen LogP contribution in [-0.4, -0.2) is 87.5 Å². The van der Waals surface area contributed by atoms with E-state index in [1.54, 1.807) is 0 Å². The van der Waals surface area contributed by atoms with Crippen molar-refractivity contribution in [2.45, 2.75) is 90.6 Å². The molecule has 0 spiro atoms. The van der Waals surface area contributed by atoms with Gasteiger partial charge in [0.05, 0.1) is 17.8 Å². The second-order valence-electron chi connectivity index (χ2n) is 10.6. The fourth-order valence-corrected chi connectivity index (χ4v) is 5.68. The molecule has 0 amide bonds. The Kier molecular flexibility index (Phi) is 9.74. The Morgan fingerprint density at radius 1 is 0.850 bits per heavy atom. The molecule has 0 radical (unpaired) electrons. The van der Waals surface area contributed by atoms with Crippen molar-refractivity contribution in [2.75, 3.05) is 6.61 Å². The summed E-state index contributed by atoms with van der Waals surface area (Å²) in [4.78, 5) is 72.8. The number of esters is 6. The van der Waals surface area contributed by atoms with E-state index in [1.165, 1.54) is 6.08 Å². The van der Waals surface area contributed by atoms with Crippen LogP contribution in [0.1, 0.15) is 34.1 Å². The Morgan fingerprint density at radius 3 is 1.98 bits per heavy atom. The minimum Gasteiger partial charge on any atom is -0.547 e. The third-order valence-electron chi connectivity index (χ3n) is 6.01. The molecule has 222 valence electrons. The van der Waals surface area contributed by atoms with Crippen LogP contribution >= 0.6 is 0 Å². The summed E-state index contributed by atoms with van der Waals surface area (Å²) in [6.07, 6.45) is -6.60. The van der Waals surface area contributed by atoms with E-state index in [4.69, 9.17) is 37.6 Å². The van der Waals surface area contributed by atoms with Gasteiger partial charge in [0, 0.05) is 34.1 Å². The third kappa shape index (κ3) is 7.88. The minimum atomic E-state index is -2.15. The molecule has 15 heteroatoms. The van der Waals surface area contributed by atoms with Gasteiger partial charge in [-0.05, 0) is 25.7 Å². The van der Waals surface area contributed by atoms with Crippen molar-refractivity contribution in [3.8, 4) is 0 Å². The number of rotatable bonds is 9. The van der Waals surface area contributed by atoms with Crippen molar-refractivity contribution >= 4 is 44.1 Å². The Bertz CT molecular complexity index is 1080. The van der Waals surface area contributed by atoms with E-state index < -0.39 is 99.4 Å². The van der Waals surface area contributed by atoms with E-state index in [0.29, 0.717) is 5.76 Å². The molecule has 2 saturated heterocycles. The highest BCUT2D eigenvalue weighted by molar-refractivity contribution is 6.70. The summed E-state index contributed by atoms with van der Waals surface area (Å²) in [5.41, 5.74) is 0. The fraction of sp³-hybridized carbons (Fsp3) is 0.680. The highest BCUT2D eigenvalue weighted by atomic mass is 28.4. The molecule has 2 fully saturated rings. The molecule has 0 N–H and O–H groups in total. The van der Waals surface area contributed by atoms with Crippen molar-refractivity contribution < 1.29 is 66.4 Å². The van der Waals surface area contributed by atoms with Crippen LogP contribution in [0.4, 0.5) is 0 Å². The Labute approximate surface area is 231 Å². The van der Waals surface area contributed by atoms with Gasteiger partial charge in [0.15, 0.2) is 24.6 Å². The number of hydrogen-bond donors (Lipinski definition) is 0. The summed E-state index contributed by atoms with van der Waals surface area (Å²) in [5, 5.41) is 0. The highest BCUT2D eigenvalue weighted by Gasteiger charge is 2.56. The average Bonchev–Trinajstić information content (AvgIpc) is 3.07. The molecule has 0 aromatic carbocycles. The van der Waals surface area contributed by atoms with Crippen LogP contribution in [0.25, 0.3) is 0 Å². The van der Waals surface area contributed by atoms with Crippen molar-refractivity contribution in [1.82, 2.24) is 0 Å². The number of carbonyl (C=O) groups is 6. The Balaban J connectivity index is 2.04. The normalized spacial score (nSPS) is 31.7. The molecule has 40 heavy (non-hydrogen) atoms. The number of carbonyl (C=O) groups excluding carboxylic acids is 6. The van der Waals surface area contributed by atoms with Gasteiger partial charge in [-0.25, -0.2) is 0 Å². The van der Waals surface area contributed by atoms with Crippen LogP contribution in [-0.2, 0) is 66.4 Å². The topological polar surface area (TPSA) is 176 Å². The molecule has 0 unspecified atom stereocenters. The summed E-state index contributed by atoms with van der Waals surface area (Å²) < 4.78 is 44.4. The van der Waals surface area contributed by atoms with Gasteiger partial charge >= 0.3 is 35.8 Å². The largest absolute Gasteiger partial charge is 0.547 e. The predicted molar refractivity (Wildman–Crippen MR) is 132 cm³/mol. The maximum Gasteiger partial charge on any atom is 0.320 e. The number of fused-ring (bicyclic) bond motifs is 1. The molecule has 0 aromatic heterocycles. The van der Waals surface area contributed by atoms with Crippen LogP contribution in [0.5, 0.6) is 0 Å². The number of cyclic esters (lactones) is 2. The van der Waals surface area contributed by atoms with E-state index in [2.05, 4.69) is 0 Å². The third-order valence-corrected chi connectivity index (χ3v) is 6.89. The second-order valence-corrected chi connectivity index (χ2v) is 15.0. The molecule has 3 rings (SSSR count). The van der Waals surface area contributed by atoms with Gasteiger partial charge in [-0.1, -0.05) is 0 Å². The van der Waals surface area contributed by atoms with Crippen molar-refractivity contribution in [3.63, 3.8) is 0 Å². The van der Waals surface area contributed by atoms with Gasteiger partial charge in [-0.3, -0.25) is 28.8 Å². The summed E-state index contributed by atoms with van der Waals surface area (Å²) in [5.74, 6) is -6.14. The Morgan fingerprint density at radius 2 is 1.43 bits per heavy atom. The summed E-state index contributed by atoms with van der Waals surface area (Å²) in [7, 11) is -2.15. The molecule has 2 heterocycles.